The normalized spacial score (nSPS) is 15.0. The average molecular weight is 424 g/mol. The molecule has 6 nitrogen and oxygen atoms in total. The molecule has 0 N–H and O–H groups in total. The highest BCUT2D eigenvalue weighted by Crippen LogP contribution is 2.22. The van der Waals surface area contributed by atoms with Gasteiger partial charge >= 0.3 is 5.97 Å². The lowest BCUT2D eigenvalue weighted by molar-refractivity contribution is -0.135. The zero-order valence-electron chi connectivity index (χ0n) is 15.2. The minimum Gasteiger partial charge on any atom is -0.452 e. The van der Waals surface area contributed by atoms with Crippen molar-refractivity contribution in [3.05, 3.63) is 33.8 Å². The Bertz CT molecular complexity index is 868. The van der Waals surface area contributed by atoms with Gasteiger partial charge in [0.1, 0.15) is 0 Å². The van der Waals surface area contributed by atoms with Gasteiger partial charge in [0.25, 0.3) is 5.91 Å². The van der Waals surface area contributed by atoms with E-state index < -0.39 is 5.97 Å². The third kappa shape index (κ3) is 4.97. The molecule has 9 heteroatoms. The van der Waals surface area contributed by atoms with Gasteiger partial charge in [-0.05, 0) is 61.5 Å². The molecule has 0 spiro atoms. The van der Waals surface area contributed by atoms with Crippen molar-refractivity contribution in [2.24, 2.45) is 5.92 Å². The molecule has 1 saturated heterocycles. The molecule has 1 aromatic heterocycles. The lowest BCUT2D eigenvalue weighted by atomic mass is 9.99. The number of hydrogen-bond acceptors (Lipinski definition) is 7. The molecule has 0 aliphatic carbocycles. The number of amides is 1. The fourth-order valence-corrected chi connectivity index (χ4v) is 4.58. The molecular formula is C18H21N3O3S3. The summed E-state index contributed by atoms with van der Waals surface area (Å²) in [4.78, 5) is 26.2. The monoisotopic (exact) mass is 423 g/mol. The van der Waals surface area contributed by atoms with Crippen LogP contribution in [-0.4, -0.2) is 52.5 Å². The third-order valence-electron chi connectivity index (χ3n) is 4.51. The maximum atomic E-state index is 12.2. The van der Waals surface area contributed by atoms with E-state index in [0.717, 1.165) is 36.0 Å². The molecule has 27 heavy (non-hydrogen) atoms. The fourth-order valence-electron chi connectivity index (χ4n) is 2.81. The van der Waals surface area contributed by atoms with Gasteiger partial charge in [-0.15, -0.1) is 5.10 Å². The number of piperidine rings is 1. The van der Waals surface area contributed by atoms with Crippen LogP contribution < -0.4 is 0 Å². The predicted molar refractivity (Wildman–Crippen MR) is 109 cm³/mol. The number of nitrogens with zero attached hydrogens (tertiary/aromatic N) is 3. The van der Waals surface area contributed by atoms with Crippen molar-refractivity contribution in [3.63, 3.8) is 0 Å². The van der Waals surface area contributed by atoms with Crippen LogP contribution in [0.3, 0.4) is 0 Å². The first kappa shape index (κ1) is 20.0. The number of carbonyl (C=O) groups is 2. The third-order valence-corrected chi connectivity index (χ3v) is 6.72. The van der Waals surface area contributed by atoms with Crippen molar-refractivity contribution in [1.29, 1.82) is 0 Å². The Morgan fingerprint density at radius 3 is 2.56 bits per heavy atom. The van der Waals surface area contributed by atoms with Crippen LogP contribution in [0, 0.1) is 9.87 Å². The number of rotatable bonds is 5. The van der Waals surface area contributed by atoms with Crippen LogP contribution in [0.1, 0.15) is 30.1 Å². The summed E-state index contributed by atoms with van der Waals surface area (Å²) in [7, 11) is 0. The number of benzene rings is 1. The van der Waals surface area contributed by atoms with Crippen molar-refractivity contribution >= 4 is 47.2 Å². The summed E-state index contributed by atoms with van der Waals surface area (Å²) < 4.78 is 8.39. The molecule has 1 fully saturated rings. The lowest BCUT2D eigenvalue weighted by Crippen LogP contribution is -2.40. The molecule has 1 aliphatic rings. The number of hydrogen-bond donors (Lipinski definition) is 0. The second-order valence-electron chi connectivity index (χ2n) is 6.44. The first-order valence-electron chi connectivity index (χ1n) is 8.67. The molecule has 0 saturated carbocycles. The molecule has 2 aromatic rings. The molecular weight excluding hydrogens is 402 g/mol. The smallest absolute Gasteiger partial charge is 0.338 e. The van der Waals surface area contributed by atoms with Gasteiger partial charge in [-0.25, -0.2) is 9.48 Å². The standard InChI is InChI=1S/C18H21N3O3S3/c1-12-7-9-20(10-8-12)15(22)11-24-16(23)13-3-5-14(6-4-13)21-18(25)27-17(19-21)26-2/h3-6,12H,7-11H2,1-2H3. The van der Waals surface area contributed by atoms with Gasteiger partial charge in [0.05, 0.1) is 11.3 Å². The summed E-state index contributed by atoms with van der Waals surface area (Å²) in [5.41, 5.74) is 1.18. The quantitative estimate of drug-likeness (QED) is 0.414. The van der Waals surface area contributed by atoms with Crippen LogP contribution in [0.15, 0.2) is 28.6 Å². The highest BCUT2D eigenvalue weighted by molar-refractivity contribution is 8.00. The van der Waals surface area contributed by atoms with Crippen molar-refractivity contribution in [1.82, 2.24) is 14.7 Å². The Morgan fingerprint density at radius 2 is 1.96 bits per heavy atom. The van der Waals surface area contributed by atoms with Gasteiger partial charge in [0, 0.05) is 13.1 Å². The molecule has 1 aromatic carbocycles. The summed E-state index contributed by atoms with van der Waals surface area (Å²) in [6.07, 6.45) is 3.94. The van der Waals surface area contributed by atoms with Crippen LogP contribution in [0.4, 0.5) is 0 Å². The van der Waals surface area contributed by atoms with Gasteiger partial charge < -0.3 is 9.64 Å². The first-order chi connectivity index (χ1) is 13.0. The molecule has 1 aliphatic heterocycles. The number of aromatic nitrogens is 2. The zero-order valence-corrected chi connectivity index (χ0v) is 17.7. The van der Waals surface area contributed by atoms with Crippen molar-refractivity contribution in [3.8, 4) is 5.69 Å². The molecule has 0 radical (unpaired) electrons. The Labute approximate surface area is 171 Å². The topological polar surface area (TPSA) is 64.4 Å². The van der Waals surface area contributed by atoms with E-state index in [1.807, 2.05) is 6.26 Å². The number of ether oxygens (including phenoxy) is 1. The minimum absolute atomic E-state index is 0.134. The molecule has 1 amide bonds. The summed E-state index contributed by atoms with van der Waals surface area (Å²) in [6.45, 7) is 3.44. The van der Waals surface area contributed by atoms with Gasteiger partial charge in [-0.1, -0.05) is 30.0 Å². The molecule has 0 bridgehead atoms. The lowest BCUT2D eigenvalue weighted by Gasteiger charge is -2.30. The molecule has 0 unspecified atom stereocenters. The fraction of sp³-hybridized carbons (Fsp3) is 0.444. The van der Waals surface area contributed by atoms with Gasteiger partial charge in [0.2, 0.25) is 0 Å². The largest absolute Gasteiger partial charge is 0.452 e. The van der Waals surface area contributed by atoms with E-state index in [9.17, 15) is 9.59 Å². The summed E-state index contributed by atoms with van der Waals surface area (Å²) in [5, 5.41) is 4.42. The minimum atomic E-state index is -0.507. The van der Waals surface area contributed by atoms with E-state index in [0.29, 0.717) is 15.4 Å². The Morgan fingerprint density at radius 1 is 1.30 bits per heavy atom. The first-order valence-corrected chi connectivity index (χ1v) is 11.1. The maximum Gasteiger partial charge on any atom is 0.338 e. The van der Waals surface area contributed by atoms with Gasteiger partial charge in [-0.2, -0.15) is 0 Å². The molecule has 144 valence electrons. The SMILES string of the molecule is CSc1nn(-c2ccc(C(=O)OCC(=O)N3CCC(C)CC3)cc2)c(=S)s1. The molecule has 2 heterocycles. The van der Waals surface area contributed by atoms with Crippen LogP contribution in [0.25, 0.3) is 5.69 Å². The highest BCUT2D eigenvalue weighted by atomic mass is 32.2. The van der Waals surface area contributed by atoms with Crippen LogP contribution >= 0.6 is 35.3 Å². The summed E-state index contributed by atoms with van der Waals surface area (Å²) in [6, 6.07) is 6.85. The van der Waals surface area contributed by atoms with E-state index >= 15 is 0 Å². The van der Waals surface area contributed by atoms with E-state index in [1.54, 1.807) is 33.8 Å². The van der Waals surface area contributed by atoms with E-state index in [-0.39, 0.29) is 12.5 Å². The van der Waals surface area contributed by atoms with Gasteiger partial charge in [0.15, 0.2) is 14.9 Å². The van der Waals surface area contributed by atoms with Crippen LogP contribution in [-0.2, 0) is 9.53 Å². The number of thioether (sulfide) groups is 1. The van der Waals surface area contributed by atoms with Crippen molar-refractivity contribution < 1.29 is 14.3 Å². The van der Waals surface area contributed by atoms with Crippen molar-refractivity contribution in [2.45, 2.75) is 24.1 Å². The number of carbonyl (C=O) groups excluding carboxylic acids is 2. The van der Waals surface area contributed by atoms with Crippen molar-refractivity contribution in [2.75, 3.05) is 26.0 Å². The second kappa shape index (κ2) is 8.99. The number of likely N-dealkylation sites (tertiary alicyclic amines) is 1. The van der Waals surface area contributed by atoms with Gasteiger partial charge in [-0.3, -0.25) is 4.79 Å². The Kier molecular flexibility index (Phi) is 6.67. The van der Waals surface area contributed by atoms with E-state index in [4.69, 9.17) is 17.0 Å². The summed E-state index contributed by atoms with van der Waals surface area (Å²) >= 11 is 8.29. The highest BCUT2D eigenvalue weighted by Gasteiger charge is 2.21. The zero-order chi connectivity index (χ0) is 19.4. The van der Waals surface area contributed by atoms with Crippen LogP contribution in [0.5, 0.6) is 0 Å². The molecule has 3 rings (SSSR count). The predicted octanol–water partition coefficient (Wildman–Crippen LogP) is 3.80. The summed E-state index contributed by atoms with van der Waals surface area (Å²) in [5.74, 6) is 0.00513. The molecule has 0 atom stereocenters. The average Bonchev–Trinajstić information content (AvgIpc) is 3.07. The van der Waals surface area contributed by atoms with Crippen LogP contribution in [0.2, 0.25) is 0 Å². The Hall–Kier alpha value is -1.71. The van der Waals surface area contributed by atoms with E-state index in [1.165, 1.54) is 23.1 Å². The Balaban J connectivity index is 1.58. The van der Waals surface area contributed by atoms with E-state index in [2.05, 4.69) is 12.0 Å². The number of esters is 1. The second-order valence-corrected chi connectivity index (χ2v) is 9.11. The maximum absolute atomic E-state index is 12.2.